The number of nitrogens with zero attached hydrogens (tertiary/aromatic N) is 1. The number of para-hydroxylation sites is 1. The number of hydrogen-bond acceptors (Lipinski definition) is 5. The van der Waals surface area contributed by atoms with Crippen LogP contribution in [0.15, 0.2) is 47.6 Å². The first kappa shape index (κ1) is 19.3. The third-order valence-electron chi connectivity index (χ3n) is 3.16. The topological polar surface area (TPSA) is 100 Å². The maximum Gasteiger partial charge on any atom is 0.249 e. The molecule has 0 aromatic heterocycles. The maximum absolute atomic E-state index is 11.8. The monoisotopic (exact) mass is 375 g/mol. The van der Waals surface area contributed by atoms with E-state index < -0.39 is 18.2 Å². The second-order valence-electron chi connectivity index (χ2n) is 5.16. The number of benzene rings is 2. The Labute approximate surface area is 155 Å². The highest BCUT2D eigenvalue weighted by atomic mass is 35.5. The molecule has 0 aliphatic carbocycles. The predicted octanol–water partition coefficient (Wildman–Crippen LogP) is 2.92. The molecule has 0 saturated carbocycles. The van der Waals surface area contributed by atoms with Crippen LogP contribution in [0.3, 0.4) is 0 Å². The molecule has 0 aliphatic heterocycles. The summed E-state index contributed by atoms with van der Waals surface area (Å²) in [4.78, 5) is 23.6. The zero-order chi connectivity index (χ0) is 18.9. The van der Waals surface area contributed by atoms with Crippen LogP contribution in [0.2, 0.25) is 5.02 Å². The van der Waals surface area contributed by atoms with E-state index in [1.165, 1.54) is 12.3 Å². The summed E-state index contributed by atoms with van der Waals surface area (Å²) >= 11 is 5.94. The van der Waals surface area contributed by atoms with E-state index in [0.29, 0.717) is 28.6 Å². The average Bonchev–Trinajstić information content (AvgIpc) is 2.60. The van der Waals surface area contributed by atoms with Crippen LogP contribution in [0, 0.1) is 0 Å². The minimum atomic E-state index is -0.574. The summed E-state index contributed by atoms with van der Waals surface area (Å²) in [5.41, 5.74) is 3.31. The fraction of sp³-hybridized carbons (Fsp3) is 0.167. The number of hydrogen-bond donors (Lipinski definition) is 3. The highest BCUT2D eigenvalue weighted by Crippen LogP contribution is 2.26. The van der Waals surface area contributed by atoms with E-state index >= 15 is 0 Å². The Kier molecular flexibility index (Phi) is 6.99. The molecule has 2 aromatic rings. The minimum Gasteiger partial charge on any atom is -0.504 e. The number of halogens is 1. The van der Waals surface area contributed by atoms with Gasteiger partial charge in [-0.15, -0.1) is 0 Å². The van der Waals surface area contributed by atoms with Crippen molar-refractivity contribution in [2.45, 2.75) is 13.3 Å². The summed E-state index contributed by atoms with van der Waals surface area (Å²) in [5.74, 6) is -0.741. The molecule has 0 fully saturated rings. The first-order valence-electron chi connectivity index (χ1n) is 7.81. The van der Waals surface area contributed by atoms with Crippen molar-refractivity contribution < 1.29 is 19.4 Å². The van der Waals surface area contributed by atoms with Crippen molar-refractivity contribution in [1.82, 2.24) is 5.43 Å². The molecule has 2 amide bonds. The number of nitrogens with one attached hydrogen (secondary N) is 2. The third-order valence-corrected chi connectivity index (χ3v) is 3.49. The normalized spacial score (nSPS) is 10.5. The number of rotatable bonds is 7. The van der Waals surface area contributed by atoms with Gasteiger partial charge in [-0.3, -0.25) is 9.59 Å². The lowest BCUT2D eigenvalue weighted by Crippen LogP contribution is -2.24. The molecular formula is C18H18ClN3O4. The van der Waals surface area contributed by atoms with Gasteiger partial charge < -0.3 is 15.2 Å². The van der Waals surface area contributed by atoms with E-state index in [1.807, 2.05) is 0 Å². The molecule has 0 saturated heterocycles. The van der Waals surface area contributed by atoms with Gasteiger partial charge in [0.1, 0.15) is 6.42 Å². The lowest BCUT2D eigenvalue weighted by atomic mass is 10.2. The highest BCUT2D eigenvalue weighted by molar-refractivity contribution is 6.33. The second kappa shape index (κ2) is 9.43. The standard InChI is InChI=1S/C18H18ClN3O4/c1-2-26-16-9-12(7-8-15(16)23)11-20-22-18(25)10-17(24)21-14-6-4-3-5-13(14)19/h3-9,11,23H,2,10H2,1H3,(H,21,24)(H,22,25)/b20-11+. The molecule has 0 heterocycles. The Hall–Kier alpha value is -3.06. The van der Waals surface area contributed by atoms with Crippen LogP contribution >= 0.6 is 11.6 Å². The van der Waals surface area contributed by atoms with E-state index in [1.54, 1.807) is 43.3 Å². The van der Waals surface area contributed by atoms with Crippen molar-refractivity contribution >= 4 is 35.3 Å². The van der Waals surface area contributed by atoms with Crippen LogP contribution in [0.5, 0.6) is 11.5 Å². The number of ether oxygens (including phenoxy) is 1. The molecule has 7 nitrogen and oxygen atoms in total. The van der Waals surface area contributed by atoms with Gasteiger partial charge in [0.25, 0.3) is 0 Å². The van der Waals surface area contributed by atoms with Crippen molar-refractivity contribution in [1.29, 1.82) is 0 Å². The van der Waals surface area contributed by atoms with Crippen molar-refractivity contribution in [3.8, 4) is 11.5 Å². The van der Waals surface area contributed by atoms with Gasteiger partial charge in [0.05, 0.1) is 23.5 Å². The van der Waals surface area contributed by atoms with Gasteiger partial charge in [0.2, 0.25) is 11.8 Å². The lowest BCUT2D eigenvalue weighted by molar-refractivity contribution is -0.126. The van der Waals surface area contributed by atoms with Crippen molar-refractivity contribution in [2.24, 2.45) is 5.10 Å². The highest BCUT2D eigenvalue weighted by Gasteiger charge is 2.10. The number of aromatic hydroxyl groups is 1. The van der Waals surface area contributed by atoms with Gasteiger partial charge in [0.15, 0.2) is 11.5 Å². The number of hydrazone groups is 1. The van der Waals surface area contributed by atoms with E-state index in [2.05, 4.69) is 15.8 Å². The SMILES string of the molecule is CCOc1cc(/C=N/NC(=O)CC(=O)Nc2ccccc2Cl)ccc1O. The van der Waals surface area contributed by atoms with E-state index in [4.69, 9.17) is 16.3 Å². The molecule has 0 spiro atoms. The molecule has 26 heavy (non-hydrogen) atoms. The molecule has 0 aliphatic rings. The largest absolute Gasteiger partial charge is 0.504 e. The minimum absolute atomic E-state index is 0.0179. The summed E-state index contributed by atoms with van der Waals surface area (Å²) < 4.78 is 5.26. The number of carbonyl (C=O) groups is 2. The van der Waals surface area contributed by atoms with E-state index in [9.17, 15) is 14.7 Å². The Bertz CT molecular complexity index is 824. The predicted molar refractivity (Wildman–Crippen MR) is 99.7 cm³/mol. The van der Waals surface area contributed by atoms with Gasteiger partial charge in [-0.1, -0.05) is 23.7 Å². The van der Waals surface area contributed by atoms with Gasteiger partial charge >= 0.3 is 0 Å². The molecule has 0 bridgehead atoms. The van der Waals surface area contributed by atoms with Gasteiger partial charge in [-0.2, -0.15) is 5.10 Å². The molecule has 2 rings (SSSR count). The van der Waals surface area contributed by atoms with Gasteiger partial charge in [-0.25, -0.2) is 5.43 Å². The Morgan fingerprint density at radius 1 is 1.23 bits per heavy atom. The Balaban J connectivity index is 1.86. The summed E-state index contributed by atoms with van der Waals surface area (Å²) in [5, 5.41) is 16.3. The molecule has 2 aromatic carbocycles. The molecule has 0 atom stereocenters. The summed E-state index contributed by atoms with van der Waals surface area (Å²) in [6, 6.07) is 11.4. The van der Waals surface area contributed by atoms with Crippen LogP contribution in [-0.2, 0) is 9.59 Å². The smallest absolute Gasteiger partial charge is 0.249 e. The zero-order valence-corrected chi connectivity index (χ0v) is 14.8. The average molecular weight is 376 g/mol. The second-order valence-corrected chi connectivity index (χ2v) is 5.57. The molecule has 0 radical (unpaired) electrons. The maximum atomic E-state index is 11.8. The first-order chi connectivity index (χ1) is 12.5. The Morgan fingerprint density at radius 3 is 2.73 bits per heavy atom. The molecule has 136 valence electrons. The number of phenols is 1. The van der Waals surface area contributed by atoms with Gasteiger partial charge in [-0.05, 0) is 42.8 Å². The van der Waals surface area contributed by atoms with Crippen molar-refractivity contribution in [3.63, 3.8) is 0 Å². The Morgan fingerprint density at radius 2 is 2.00 bits per heavy atom. The van der Waals surface area contributed by atoms with Crippen LogP contribution in [0.25, 0.3) is 0 Å². The zero-order valence-electron chi connectivity index (χ0n) is 14.0. The molecular weight excluding hydrogens is 358 g/mol. The van der Waals surface area contributed by atoms with Gasteiger partial charge in [0, 0.05) is 0 Å². The van der Waals surface area contributed by atoms with Crippen LogP contribution in [0.4, 0.5) is 5.69 Å². The third kappa shape index (κ3) is 5.78. The summed E-state index contributed by atoms with van der Waals surface area (Å²) in [6.45, 7) is 2.21. The fourth-order valence-corrected chi connectivity index (χ4v) is 2.19. The molecule has 3 N–H and O–H groups in total. The number of amides is 2. The van der Waals surface area contributed by atoms with Crippen LogP contribution in [0.1, 0.15) is 18.9 Å². The van der Waals surface area contributed by atoms with Crippen molar-refractivity contribution in [3.05, 3.63) is 53.1 Å². The lowest BCUT2D eigenvalue weighted by Gasteiger charge is -2.06. The fourth-order valence-electron chi connectivity index (χ4n) is 2.00. The first-order valence-corrected chi connectivity index (χ1v) is 8.19. The van der Waals surface area contributed by atoms with E-state index in [0.717, 1.165) is 0 Å². The summed E-state index contributed by atoms with van der Waals surface area (Å²) in [6.07, 6.45) is 0.980. The number of anilines is 1. The number of carbonyl (C=O) groups excluding carboxylic acids is 2. The quantitative estimate of drug-likeness (QED) is 0.393. The molecule has 0 unspecified atom stereocenters. The molecule has 8 heteroatoms. The van der Waals surface area contributed by atoms with Crippen molar-refractivity contribution in [2.75, 3.05) is 11.9 Å². The van der Waals surface area contributed by atoms with E-state index in [-0.39, 0.29) is 5.75 Å². The summed E-state index contributed by atoms with van der Waals surface area (Å²) in [7, 11) is 0. The number of phenolic OH excluding ortho intramolecular Hbond substituents is 1. The van der Waals surface area contributed by atoms with Crippen LogP contribution in [-0.4, -0.2) is 29.7 Å². The van der Waals surface area contributed by atoms with Crippen LogP contribution < -0.4 is 15.5 Å².